The Morgan fingerprint density at radius 1 is 1.26 bits per heavy atom. The van der Waals surface area contributed by atoms with E-state index in [-0.39, 0.29) is 5.41 Å². The van der Waals surface area contributed by atoms with Crippen molar-refractivity contribution in [1.82, 2.24) is 4.90 Å². The Morgan fingerprint density at radius 2 is 2.05 bits per heavy atom. The predicted molar refractivity (Wildman–Crippen MR) is 78.8 cm³/mol. The average molecular weight is 288 g/mol. The lowest BCUT2D eigenvalue weighted by Gasteiger charge is -2.42. The van der Waals surface area contributed by atoms with Gasteiger partial charge in [-0.3, -0.25) is 0 Å². The first-order valence-corrected chi connectivity index (χ1v) is 9.40. The minimum absolute atomic E-state index is 0.228. The van der Waals surface area contributed by atoms with Gasteiger partial charge >= 0.3 is 0 Å². The zero-order valence-electron chi connectivity index (χ0n) is 12.1. The van der Waals surface area contributed by atoms with Crippen molar-refractivity contribution >= 4 is 9.84 Å². The van der Waals surface area contributed by atoms with Crippen LogP contribution in [0.5, 0.6) is 0 Å². The third-order valence-corrected chi connectivity index (χ3v) is 6.54. The molecule has 19 heavy (non-hydrogen) atoms. The summed E-state index contributed by atoms with van der Waals surface area (Å²) < 4.78 is 23.3. The maximum Gasteiger partial charge on any atom is 0.151 e. The van der Waals surface area contributed by atoms with E-state index in [2.05, 4.69) is 11.8 Å². The van der Waals surface area contributed by atoms with E-state index in [9.17, 15) is 8.42 Å². The molecule has 1 saturated carbocycles. The average Bonchev–Trinajstić information content (AvgIpc) is 2.51. The molecule has 4 nitrogen and oxygen atoms in total. The highest BCUT2D eigenvalue weighted by Crippen LogP contribution is 2.39. The number of nitrogens with zero attached hydrogens (tertiary/aromatic N) is 1. The molecule has 2 rings (SSSR count). The van der Waals surface area contributed by atoms with Crippen molar-refractivity contribution < 1.29 is 8.42 Å². The van der Waals surface area contributed by atoms with Crippen molar-refractivity contribution in [1.29, 1.82) is 0 Å². The highest BCUT2D eigenvalue weighted by atomic mass is 32.2. The van der Waals surface area contributed by atoms with Crippen molar-refractivity contribution in [3.63, 3.8) is 0 Å². The molecule has 0 spiro atoms. The van der Waals surface area contributed by atoms with Gasteiger partial charge < -0.3 is 10.6 Å². The van der Waals surface area contributed by atoms with E-state index in [0.29, 0.717) is 18.1 Å². The topological polar surface area (TPSA) is 63.4 Å². The largest absolute Gasteiger partial charge is 0.330 e. The van der Waals surface area contributed by atoms with E-state index in [4.69, 9.17) is 5.73 Å². The fraction of sp³-hybridized carbons (Fsp3) is 1.00. The normalized spacial score (nSPS) is 36.8. The van der Waals surface area contributed by atoms with E-state index in [1.54, 1.807) is 0 Å². The summed E-state index contributed by atoms with van der Waals surface area (Å²) in [7, 11) is -2.80. The summed E-state index contributed by atoms with van der Waals surface area (Å²) in [5.41, 5.74) is 6.29. The Bertz CT molecular complexity index is 396. The third kappa shape index (κ3) is 4.17. The van der Waals surface area contributed by atoms with Gasteiger partial charge in [-0.1, -0.05) is 19.8 Å². The summed E-state index contributed by atoms with van der Waals surface area (Å²) in [4.78, 5) is 2.34. The lowest BCUT2D eigenvalue weighted by atomic mass is 9.69. The Hall–Kier alpha value is -0.130. The fourth-order valence-corrected chi connectivity index (χ4v) is 5.09. The molecule has 0 bridgehead atoms. The van der Waals surface area contributed by atoms with Crippen LogP contribution in [0.15, 0.2) is 0 Å². The van der Waals surface area contributed by atoms with Crippen LogP contribution in [0.3, 0.4) is 0 Å². The van der Waals surface area contributed by atoms with E-state index in [0.717, 1.165) is 32.0 Å². The molecule has 0 radical (unpaired) electrons. The Morgan fingerprint density at radius 3 is 2.74 bits per heavy atom. The molecule has 2 N–H and O–H groups in total. The zero-order chi connectivity index (χ0) is 13.9. The first-order valence-electron chi connectivity index (χ1n) is 7.58. The van der Waals surface area contributed by atoms with Crippen LogP contribution in [0.1, 0.15) is 39.0 Å². The quantitative estimate of drug-likeness (QED) is 0.849. The minimum atomic E-state index is -2.80. The molecule has 0 aromatic rings. The van der Waals surface area contributed by atoms with Crippen molar-refractivity contribution in [3.8, 4) is 0 Å². The second-order valence-electron chi connectivity index (χ2n) is 6.69. The van der Waals surface area contributed by atoms with Gasteiger partial charge in [-0.2, -0.15) is 0 Å². The van der Waals surface area contributed by atoms with Gasteiger partial charge in [0.1, 0.15) is 0 Å². The molecule has 2 atom stereocenters. The van der Waals surface area contributed by atoms with Gasteiger partial charge in [-0.15, -0.1) is 0 Å². The molecule has 0 aromatic heterocycles. The highest BCUT2D eigenvalue weighted by molar-refractivity contribution is 7.91. The van der Waals surface area contributed by atoms with E-state index in [1.807, 2.05) is 0 Å². The fourth-order valence-electron chi connectivity index (χ4n) is 3.78. The van der Waals surface area contributed by atoms with Crippen molar-refractivity contribution in [2.24, 2.45) is 17.1 Å². The number of hydrogen-bond acceptors (Lipinski definition) is 4. The van der Waals surface area contributed by atoms with Crippen molar-refractivity contribution in [2.75, 3.05) is 37.7 Å². The summed E-state index contributed by atoms with van der Waals surface area (Å²) in [6.45, 7) is 5.65. The minimum Gasteiger partial charge on any atom is -0.330 e. The standard InChI is InChI=1S/C14H28N2O2S/c1-13-4-2-5-14(10-13,11-15)12-16-6-3-8-19(17,18)9-7-16/h13H,2-12,15H2,1H3. The van der Waals surface area contributed by atoms with Gasteiger partial charge in [0.15, 0.2) is 9.84 Å². The van der Waals surface area contributed by atoms with Gasteiger partial charge in [0.25, 0.3) is 0 Å². The van der Waals surface area contributed by atoms with E-state index < -0.39 is 9.84 Å². The molecule has 1 heterocycles. The second kappa shape index (κ2) is 6.10. The maximum atomic E-state index is 11.7. The van der Waals surface area contributed by atoms with E-state index in [1.165, 1.54) is 25.7 Å². The van der Waals surface area contributed by atoms with Crippen LogP contribution in [-0.4, -0.2) is 51.0 Å². The van der Waals surface area contributed by atoms with E-state index >= 15 is 0 Å². The second-order valence-corrected chi connectivity index (χ2v) is 8.99. The highest BCUT2D eigenvalue weighted by Gasteiger charge is 2.35. The van der Waals surface area contributed by atoms with Gasteiger partial charge in [0.2, 0.25) is 0 Å². The summed E-state index contributed by atoms with van der Waals surface area (Å²) in [5.74, 6) is 1.44. The maximum absolute atomic E-state index is 11.7. The van der Waals surface area contributed by atoms with Crippen LogP contribution in [0.2, 0.25) is 0 Å². The Kier molecular flexibility index (Phi) is 4.90. The number of sulfone groups is 1. The van der Waals surface area contributed by atoms with Crippen LogP contribution in [0.4, 0.5) is 0 Å². The van der Waals surface area contributed by atoms with Crippen molar-refractivity contribution in [3.05, 3.63) is 0 Å². The van der Waals surface area contributed by atoms with Crippen LogP contribution in [-0.2, 0) is 9.84 Å². The van der Waals surface area contributed by atoms with Crippen LogP contribution >= 0.6 is 0 Å². The number of hydrogen-bond donors (Lipinski definition) is 1. The third-order valence-electron chi connectivity index (χ3n) is 4.83. The number of rotatable bonds is 3. The van der Waals surface area contributed by atoms with Crippen LogP contribution < -0.4 is 5.73 Å². The van der Waals surface area contributed by atoms with Gasteiger partial charge in [0.05, 0.1) is 11.5 Å². The van der Waals surface area contributed by atoms with Crippen LogP contribution in [0.25, 0.3) is 0 Å². The summed E-state index contributed by atoms with van der Waals surface area (Å²) in [5, 5.41) is 0. The zero-order valence-corrected chi connectivity index (χ0v) is 12.9. The SMILES string of the molecule is CC1CCCC(CN)(CN2CCCS(=O)(=O)CC2)C1. The summed E-state index contributed by atoms with van der Waals surface area (Å²) >= 11 is 0. The smallest absolute Gasteiger partial charge is 0.151 e. The van der Waals surface area contributed by atoms with Crippen LogP contribution in [0, 0.1) is 11.3 Å². The molecule has 1 saturated heterocycles. The monoisotopic (exact) mass is 288 g/mol. The van der Waals surface area contributed by atoms with Crippen molar-refractivity contribution in [2.45, 2.75) is 39.0 Å². The Balaban J connectivity index is 1.98. The molecule has 1 aliphatic heterocycles. The van der Waals surface area contributed by atoms with Gasteiger partial charge in [-0.25, -0.2) is 8.42 Å². The number of nitrogens with two attached hydrogens (primary N) is 1. The molecule has 1 aliphatic carbocycles. The van der Waals surface area contributed by atoms with Gasteiger partial charge in [0, 0.05) is 13.1 Å². The molecule has 0 amide bonds. The molecule has 2 fully saturated rings. The molecular formula is C14H28N2O2S. The molecule has 5 heteroatoms. The molecule has 112 valence electrons. The molecular weight excluding hydrogens is 260 g/mol. The molecule has 0 aromatic carbocycles. The predicted octanol–water partition coefficient (Wildman–Crippen LogP) is 1.26. The lowest BCUT2D eigenvalue weighted by Crippen LogP contribution is -2.46. The van der Waals surface area contributed by atoms with Gasteiger partial charge in [-0.05, 0) is 43.7 Å². The first-order chi connectivity index (χ1) is 8.95. The molecule has 2 unspecified atom stereocenters. The summed E-state index contributed by atoms with van der Waals surface area (Å²) in [6.07, 6.45) is 5.77. The first kappa shape index (κ1) is 15.3. The Labute approximate surface area is 117 Å². The molecule has 2 aliphatic rings. The lowest BCUT2D eigenvalue weighted by molar-refractivity contribution is 0.0922. The summed E-state index contributed by atoms with van der Waals surface area (Å²) in [6, 6.07) is 0.